The van der Waals surface area contributed by atoms with E-state index in [2.05, 4.69) is 24.3 Å². The van der Waals surface area contributed by atoms with Gasteiger partial charge in [-0.3, -0.25) is 4.79 Å². The number of thioether (sulfide) groups is 2. The van der Waals surface area contributed by atoms with E-state index >= 15 is 0 Å². The summed E-state index contributed by atoms with van der Waals surface area (Å²) in [6, 6.07) is 18.5. The van der Waals surface area contributed by atoms with Gasteiger partial charge in [-0.25, -0.2) is 0 Å². The van der Waals surface area contributed by atoms with Gasteiger partial charge in [0.1, 0.15) is 0 Å². The second-order valence-corrected chi connectivity index (χ2v) is 9.71. The third kappa shape index (κ3) is 4.89. The van der Waals surface area contributed by atoms with Gasteiger partial charge < -0.3 is 9.64 Å². The van der Waals surface area contributed by atoms with Crippen molar-refractivity contribution in [1.29, 1.82) is 0 Å². The lowest BCUT2D eigenvalue weighted by Gasteiger charge is -2.32. The Morgan fingerprint density at radius 3 is 2.30 bits per heavy atom. The van der Waals surface area contributed by atoms with Crippen molar-refractivity contribution >= 4 is 29.4 Å². The molecular formula is C22H25NO2S2. The molecule has 0 unspecified atom stereocenters. The minimum Gasteiger partial charge on any atom is -0.373 e. The van der Waals surface area contributed by atoms with Crippen LogP contribution in [0.1, 0.15) is 38.9 Å². The summed E-state index contributed by atoms with van der Waals surface area (Å²) in [5, 5.41) is 0. The van der Waals surface area contributed by atoms with E-state index in [1.165, 1.54) is 22.6 Å². The quantitative estimate of drug-likeness (QED) is 0.709. The Bertz CT molecular complexity index is 737. The van der Waals surface area contributed by atoms with Gasteiger partial charge in [-0.15, -0.1) is 23.5 Å². The Morgan fingerprint density at radius 2 is 1.63 bits per heavy atom. The largest absolute Gasteiger partial charge is 0.373 e. The third-order valence-corrected chi connectivity index (χ3v) is 8.21. The maximum atomic E-state index is 12.8. The molecular weight excluding hydrogens is 374 g/mol. The fraction of sp³-hybridized carbons (Fsp3) is 0.409. The lowest BCUT2D eigenvalue weighted by atomic mass is 10.1. The topological polar surface area (TPSA) is 29.5 Å². The van der Waals surface area contributed by atoms with Gasteiger partial charge >= 0.3 is 0 Å². The van der Waals surface area contributed by atoms with Crippen LogP contribution in [0.2, 0.25) is 0 Å². The molecule has 0 aromatic heterocycles. The van der Waals surface area contributed by atoms with Crippen LogP contribution >= 0.6 is 23.5 Å². The smallest absolute Gasteiger partial charge is 0.253 e. The summed E-state index contributed by atoms with van der Waals surface area (Å²) >= 11 is 3.99. The molecule has 0 atom stereocenters. The summed E-state index contributed by atoms with van der Waals surface area (Å²) in [5.74, 6) is 2.59. The number of hydrogen-bond acceptors (Lipinski definition) is 4. The normalized spacial score (nSPS) is 18.7. The molecule has 2 saturated heterocycles. The summed E-state index contributed by atoms with van der Waals surface area (Å²) in [5.41, 5.74) is 3.33. The zero-order valence-electron chi connectivity index (χ0n) is 15.4. The second-order valence-electron chi connectivity index (χ2n) is 6.98. The lowest BCUT2D eigenvalue weighted by Crippen LogP contribution is -2.40. The first-order valence-electron chi connectivity index (χ1n) is 9.57. The van der Waals surface area contributed by atoms with Crippen molar-refractivity contribution in [3.63, 3.8) is 0 Å². The molecule has 4 rings (SSSR count). The molecule has 3 nitrogen and oxygen atoms in total. The SMILES string of the molecule is O=C(c1ccc(C2SCCS2)cc1)N1CCC(OCc2ccccc2)CC1. The molecule has 1 amide bonds. The first kappa shape index (κ1) is 18.9. The molecule has 0 saturated carbocycles. The van der Waals surface area contributed by atoms with Crippen molar-refractivity contribution in [3.05, 3.63) is 71.3 Å². The Labute approximate surface area is 169 Å². The van der Waals surface area contributed by atoms with Gasteiger partial charge in [-0.2, -0.15) is 0 Å². The number of rotatable bonds is 5. The van der Waals surface area contributed by atoms with Crippen LogP contribution in [0.3, 0.4) is 0 Å². The molecule has 2 aliphatic rings. The predicted molar refractivity (Wildman–Crippen MR) is 114 cm³/mol. The zero-order chi connectivity index (χ0) is 18.5. The molecule has 2 aromatic carbocycles. The standard InChI is InChI=1S/C22H25NO2S2/c24-21(18-6-8-19(9-7-18)22-26-14-15-27-22)23-12-10-20(11-13-23)25-16-17-4-2-1-3-5-17/h1-9,20,22H,10-16H2. The molecule has 0 aliphatic carbocycles. The zero-order valence-corrected chi connectivity index (χ0v) is 17.0. The molecule has 0 bridgehead atoms. The highest BCUT2D eigenvalue weighted by molar-refractivity contribution is 8.19. The molecule has 2 heterocycles. The highest BCUT2D eigenvalue weighted by atomic mass is 32.2. The Kier molecular flexibility index (Phi) is 6.43. The fourth-order valence-electron chi connectivity index (χ4n) is 3.53. The van der Waals surface area contributed by atoms with Gasteiger partial charge in [0.25, 0.3) is 5.91 Å². The van der Waals surface area contributed by atoms with Crippen LogP contribution in [0.4, 0.5) is 0 Å². The average Bonchev–Trinajstić information content (AvgIpc) is 3.28. The highest BCUT2D eigenvalue weighted by Gasteiger charge is 2.24. The second kappa shape index (κ2) is 9.18. The van der Waals surface area contributed by atoms with Crippen molar-refractivity contribution in [2.75, 3.05) is 24.6 Å². The Morgan fingerprint density at radius 1 is 0.963 bits per heavy atom. The number of hydrogen-bond donors (Lipinski definition) is 0. The van der Waals surface area contributed by atoms with Gasteiger partial charge in [0.15, 0.2) is 0 Å². The van der Waals surface area contributed by atoms with Crippen molar-refractivity contribution < 1.29 is 9.53 Å². The number of benzene rings is 2. The average molecular weight is 400 g/mol. The number of ether oxygens (including phenoxy) is 1. The van der Waals surface area contributed by atoms with Crippen LogP contribution in [-0.2, 0) is 11.3 Å². The first-order valence-corrected chi connectivity index (χ1v) is 11.7. The van der Waals surface area contributed by atoms with Crippen molar-refractivity contribution in [2.45, 2.75) is 30.1 Å². The summed E-state index contributed by atoms with van der Waals surface area (Å²) in [6.07, 6.45) is 2.06. The summed E-state index contributed by atoms with van der Waals surface area (Å²) < 4.78 is 6.57. The molecule has 142 valence electrons. The number of amides is 1. The monoisotopic (exact) mass is 399 g/mol. The highest BCUT2D eigenvalue weighted by Crippen LogP contribution is 2.45. The molecule has 2 aromatic rings. The summed E-state index contributed by atoms with van der Waals surface area (Å²) in [7, 11) is 0. The van der Waals surface area contributed by atoms with Crippen molar-refractivity contribution in [2.24, 2.45) is 0 Å². The van der Waals surface area contributed by atoms with E-state index in [1.54, 1.807) is 0 Å². The van der Waals surface area contributed by atoms with Gasteiger partial charge in [0.05, 0.1) is 17.3 Å². The van der Waals surface area contributed by atoms with Crippen LogP contribution in [-0.4, -0.2) is 41.5 Å². The number of likely N-dealkylation sites (tertiary alicyclic amines) is 1. The number of nitrogens with zero attached hydrogens (tertiary/aromatic N) is 1. The minimum absolute atomic E-state index is 0.148. The molecule has 27 heavy (non-hydrogen) atoms. The minimum atomic E-state index is 0.148. The maximum Gasteiger partial charge on any atom is 0.253 e. The Balaban J connectivity index is 1.27. The first-order chi connectivity index (χ1) is 13.3. The lowest BCUT2D eigenvalue weighted by molar-refractivity contribution is -0.000379. The molecule has 5 heteroatoms. The Hall–Kier alpha value is -1.43. The van der Waals surface area contributed by atoms with E-state index in [9.17, 15) is 4.79 Å². The van der Waals surface area contributed by atoms with Crippen LogP contribution in [0, 0.1) is 0 Å². The number of carbonyl (C=O) groups excluding carboxylic acids is 1. The van der Waals surface area contributed by atoms with E-state index in [0.29, 0.717) is 11.2 Å². The molecule has 0 N–H and O–H groups in total. The van der Waals surface area contributed by atoms with Crippen LogP contribution in [0.25, 0.3) is 0 Å². The van der Waals surface area contributed by atoms with Crippen molar-refractivity contribution in [1.82, 2.24) is 4.90 Å². The van der Waals surface area contributed by atoms with Gasteiger partial charge in [0, 0.05) is 30.2 Å². The van der Waals surface area contributed by atoms with Gasteiger partial charge in [-0.05, 0) is 36.1 Å². The fourth-order valence-corrected chi connectivity index (χ4v) is 6.39. The molecule has 2 fully saturated rings. The van der Waals surface area contributed by atoms with Crippen LogP contribution < -0.4 is 0 Å². The van der Waals surface area contributed by atoms with Gasteiger partial charge in [-0.1, -0.05) is 42.5 Å². The van der Waals surface area contributed by atoms with E-state index in [1.807, 2.05) is 58.8 Å². The van der Waals surface area contributed by atoms with Crippen LogP contribution in [0.15, 0.2) is 54.6 Å². The van der Waals surface area contributed by atoms with E-state index in [-0.39, 0.29) is 12.0 Å². The third-order valence-electron chi connectivity index (χ3n) is 5.11. The van der Waals surface area contributed by atoms with E-state index < -0.39 is 0 Å². The number of carbonyl (C=O) groups is 1. The van der Waals surface area contributed by atoms with E-state index in [0.717, 1.165) is 31.5 Å². The van der Waals surface area contributed by atoms with Crippen LogP contribution in [0.5, 0.6) is 0 Å². The van der Waals surface area contributed by atoms with E-state index in [4.69, 9.17) is 4.74 Å². The molecule has 0 spiro atoms. The molecule has 0 radical (unpaired) electrons. The summed E-state index contributed by atoms with van der Waals surface area (Å²) in [4.78, 5) is 14.8. The van der Waals surface area contributed by atoms with Crippen molar-refractivity contribution in [3.8, 4) is 0 Å². The predicted octanol–water partition coefficient (Wildman–Crippen LogP) is 4.99. The summed E-state index contributed by atoms with van der Waals surface area (Å²) in [6.45, 7) is 2.20. The number of piperidine rings is 1. The van der Waals surface area contributed by atoms with Gasteiger partial charge in [0.2, 0.25) is 0 Å². The maximum absolute atomic E-state index is 12.8. The molecule has 2 aliphatic heterocycles.